The highest BCUT2D eigenvalue weighted by Gasteiger charge is 2.31. The number of aromatic amines is 1. The molecule has 0 radical (unpaired) electrons. The van der Waals surface area contributed by atoms with Crippen molar-refractivity contribution >= 4 is 28.4 Å². The molecule has 1 fully saturated rings. The van der Waals surface area contributed by atoms with Gasteiger partial charge in [0, 0.05) is 48.6 Å². The maximum atomic E-state index is 12.8. The number of H-pyrrole nitrogens is 1. The molecule has 0 unspecified atom stereocenters. The number of aliphatic hydroxyl groups is 1. The number of piperidine rings is 1. The summed E-state index contributed by atoms with van der Waals surface area (Å²) < 4.78 is 6.05. The molecule has 2 atom stereocenters. The number of β-amino-alcohol motifs (C(OH)–C–C–N with tert-alkyl or cyclic N) is 1. The highest BCUT2D eigenvalue weighted by molar-refractivity contribution is 5.94. The van der Waals surface area contributed by atoms with Gasteiger partial charge in [0.25, 0.3) is 0 Å². The summed E-state index contributed by atoms with van der Waals surface area (Å²) in [6.07, 6.45) is 3.69. The van der Waals surface area contributed by atoms with Gasteiger partial charge in [0.15, 0.2) is 0 Å². The first kappa shape index (κ1) is 20.6. The van der Waals surface area contributed by atoms with Crippen molar-refractivity contribution in [3.05, 3.63) is 59.8 Å². The second-order valence-electron chi connectivity index (χ2n) is 8.58. The summed E-state index contributed by atoms with van der Waals surface area (Å²) in [6, 6.07) is 13.7. The van der Waals surface area contributed by atoms with E-state index >= 15 is 0 Å². The van der Waals surface area contributed by atoms with Crippen molar-refractivity contribution < 1.29 is 19.4 Å². The van der Waals surface area contributed by atoms with Crippen LogP contribution in [0.4, 0.5) is 5.69 Å². The maximum Gasteiger partial charge on any atom is 0.224 e. The number of likely N-dealkylation sites (tertiary alicyclic amines) is 1. The lowest BCUT2D eigenvalue weighted by molar-refractivity contribution is -0.137. The van der Waals surface area contributed by atoms with Crippen LogP contribution in [-0.4, -0.2) is 52.1 Å². The Morgan fingerprint density at radius 2 is 2.06 bits per heavy atom. The van der Waals surface area contributed by atoms with E-state index in [0.717, 1.165) is 27.7 Å². The molecule has 3 N–H and O–H groups in total. The third-order valence-corrected chi connectivity index (χ3v) is 6.42. The first-order valence-corrected chi connectivity index (χ1v) is 11.2. The second-order valence-corrected chi connectivity index (χ2v) is 8.58. The Hall–Kier alpha value is -3.32. The van der Waals surface area contributed by atoms with Crippen molar-refractivity contribution in [2.24, 2.45) is 0 Å². The average Bonchev–Trinajstić information content (AvgIpc) is 3.22. The lowest BCUT2D eigenvalue weighted by atomic mass is 10.0. The van der Waals surface area contributed by atoms with Gasteiger partial charge in [0.2, 0.25) is 11.8 Å². The number of carbonyl (C=O) groups excluding carboxylic acids is 2. The minimum Gasteiger partial charge on any atom is -0.488 e. The number of benzene rings is 2. The number of fused-ring (bicyclic) bond motifs is 2. The van der Waals surface area contributed by atoms with Gasteiger partial charge in [0.1, 0.15) is 18.0 Å². The molecule has 7 heteroatoms. The number of amides is 2. The number of hydrogen-bond donors (Lipinski definition) is 3. The third-order valence-electron chi connectivity index (χ3n) is 6.42. The topological polar surface area (TPSA) is 94.7 Å². The van der Waals surface area contributed by atoms with E-state index in [-0.39, 0.29) is 24.5 Å². The quantitative estimate of drug-likeness (QED) is 0.577. The number of ether oxygens (including phenoxy) is 1. The third kappa shape index (κ3) is 4.21. The predicted octanol–water partition coefficient (Wildman–Crippen LogP) is 3.03. The van der Waals surface area contributed by atoms with Gasteiger partial charge in [0.05, 0.1) is 6.54 Å². The van der Waals surface area contributed by atoms with Crippen molar-refractivity contribution in [2.75, 3.05) is 18.4 Å². The molecule has 0 spiro atoms. The van der Waals surface area contributed by atoms with Gasteiger partial charge in [-0.1, -0.05) is 18.2 Å². The van der Waals surface area contributed by atoms with Crippen LogP contribution in [0.3, 0.4) is 0 Å². The fourth-order valence-corrected chi connectivity index (χ4v) is 4.62. The molecule has 2 aliphatic heterocycles. The van der Waals surface area contributed by atoms with Crippen molar-refractivity contribution in [1.82, 2.24) is 9.88 Å². The molecule has 7 nitrogen and oxygen atoms in total. The van der Waals surface area contributed by atoms with E-state index in [1.165, 1.54) is 0 Å². The van der Waals surface area contributed by atoms with Crippen LogP contribution in [0.2, 0.25) is 0 Å². The number of anilines is 1. The molecule has 2 amide bonds. The van der Waals surface area contributed by atoms with Crippen molar-refractivity contribution in [1.29, 1.82) is 0 Å². The highest BCUT2D eigenvalue weighted by Crippen LogP contribution is 2.29. The molecule has 0 saturated carbocycles. The first-order valence-electron chi connectivity index (χ1n) is 11.2. The molecule has 3 aromatic rings. The van der Waals surface area contributed by atoms with Crippen LogP contribution in [-0.2, 0) is 22.4 Å². The van der Waals surface area contributed by atoms with E-state index < -0.39 is 6.10 Å². The number of nitrogens with zero attached hydrogens (tertiary/aromatic N) is 1. The van der Waals surface area contributed by atoms with Crippen LogP contribution < -0.4 is 10.1 Å². The summed E-state index contributed by atoms with van der Waals surface area (Å²) in [6.45, 7) is 0.841. The fourth-order valence-electron chi connectivity index (χ4n) is 4.62. The van der Waals surface area contributed by atoms with E-state index in [9.17, 15) is 14.7 Å². The minimum atomic E-state index is -0.739. The molecule has 5 rings (SSSR count). The van der Waals surface area contributed by atoms with Crippen LogP contribution in [0.1, 0.15) is 30.4 Å². The lowest BCUT2D eigenvalue weighted by Gasteiger charge is -2.36. The van der Waals surface area contributed by atoms with Crippen molar-refractivity contribution in [3.63, 3.8) is 0 Å². The number of carbonyl (C=O) groups is 2. The molecule has 0 bridgehead atoms. The van der Waals surface area contributed by atoms with E-state index in [2.05, 4.69) is 16.4 Å². The molecular formula is C25H27N3O4. The van der Waals surface area contributed by atoms with E-state index in [1.807, 2.05) is 42.6 Å². The zero-order valence-electron chi connectivity index (χ0n) is 17.8. The summed E-state index contributed by atoms with van der Waals surface area (Å²) in [4.78, 5) is 29.3. The molecule has 3 heterocycles. The van der Waals surface area contributed by atoms with Gasteiger partial charge >= 0.3 is 0 Å². The highest BCUT2D eigenvalue weighted by atomic mass is 16.5. The number of rotatable bonds is 5. The van der Waals surface area contributed by atoms with Crippen LogP contribution >= 0.6 is 0 Å². The van der Waals surface area contributed by atoms with Crippen LogP contribution in [0.5, 0.6) is 5.75 Å². The number of hydrogen-bond acceptors (Lipinski definition) is 4. The molecule has 1 saturated heterocycles. The van der Waals surface area contributed by atoms with Crippen LogP contribution in [0.25, 0.3) is 10.9 Å². The average molecular weight is 434 g/mol. The largest absolute Gasteiger partial charge is 0.488 e. The second kappa shape index (κ2) is 8.67. The zero-order chi connectivity index (χ0) is 22.1. The number of aryl methyl sites for hydroxylation is 2. The van der Waals surface area contributed by atoms with Gasteiger partial charge in [-0.3, -0.25) is 9.59 Å². The Kier molecular flexibility index (Phi) is 5.57. The summed E-state index contributed by atoms with van der Waals surface area (Å²) in [7, 11) is 0. The maximum absolute atomic E-state index is 12.8. The summed E-state index contributed by atoms with van der Waals surface area (Å²) in [5, 5.41) is 14.6. The van der Waals surface area contributed by atoms with Crippen molar-refractivity contribution in [3.8, 4) is 5.75 Å². The van der Waals surface area contributed by atoms with E-state index in [4.69, 9.17) is 4.74 Å². The summed E-state index contributed by atoms with van der Waals surface area (Å²) >= 11 is 0. The number of aromatic nitrogens is 1. The van der Waals surface area contributed by atoms with Crippen molar-refractivity contribution in [2.45, 2.75) is 44.3 Å². The smallest absolute Gasteiger partial charge is 0.224 e. The first-order chi connectivity index (χ1) is 15.6. The Balaban J connectivity index is 1.15. The Labute approximate surface area is 186 Å². The molecule has 32 heavy (non-hydrogen) atoms. The molecule has 1 aromatic heterocycles. The van der Waals surface area contributed by atoms with E-state index in [0.29, 0.717) is 44.4 Å². The molecule has 2 aliphatic rings. The van der Waals surface area contributed by atoms with Crippen LogP contribution in [0, 0.1) is 0 Å². The van der Waals surface area contributed by atoms with Gasteiger partial charge < -0.3 is 25.0 Å². The minimum absolute atomic E-state index is 0.0309. The van der Waals surface area contributed by atoms with Gasteiger partial charge in [-0.25, -0.2) is 0 Å². The van der Waals surface area contributed by atoms with Crippen LogP contribution in [0.15, 0.2) is 48.7 Å². The summed E-state index contributed by atoms with van der Waals surface area (Å²) in [5.41, 5.74) is 4.08. The lowest BCUT2D eigenvalue weighted by Crippen LogP contribution is -2.51. The molecule has 0 aliphatic carbocycles. The molecular weight excluding hydrogens is 406 g/mol. The predicted molar refractivity (Wildman–Crippen MR) is 122 cm³/mol. The Morgan fingerprint density at radius 3 is 2.94 bits per heavy atom. The number of aliphatic hydroxyl groups excluding tert-OH is 1. The Bertz CT molecular complexity index is 1160. The van der Waals surface area contributed by atoms with Gasteiger partial charge in [-0.2, -0.15) is 0 Å². The SMILES string of the molecule is O=C1CCc2cc(O[C@@H]3CCN(C(=O)CCc4c[nH]c5ccccc45)C[C@H]3O)ccc2N1. The number of nitrogens with one attached hydrogen (secondary N) is 2. The summed E-state index contributed by atoms with van der Waals surface area (Å²) in [5.74, 6) is 0.767. The molecule has 2 aromatic carbocycles. The molecule has 166 valence electrons. The fraction of sp³-hybridized carbons (Fsp3) is 0.360. The standard InChI is InChI=1S/C25H27N3O4/c29-22-15-28(25(31)10-6-17-14-26-21-4-2-1-3-19(17)21)12-11-23(22)32-18-7-8-20-16(13-18)5-9-24(30)27-20/h1-4,7-8,13-14,22-23,26,29H,5-6,9-12,15H2,(H,27,30)/t22-,23-/m1/s1. The van der Waals surface area contributed by atoms with Gasteiger partial charge in [-0.05, 0) is 48.2 Å². The van der Waals surface area contributed by atoms with Gasteiger partial charge in [-0.15, -0.1) is 0 Å². The monoisotopic (exact) mass is 433 g/mol. The number of para-hydroxylation sites is 1. The van der Waals surface area contributed by atoms with E-state index in [1.54, 1.807) is 4.90 Å². The normalized spacial score (nSPS) is 20.7. The Morgan fingerprint density at radius 1 is 1.19 bits per heavy atom. The zero-order valence-corrected chi connectivity index (χ0v) is 17.8.